The molecule has 0 unspecified atom stereocenters. The zero-order valence-corrected chi connectivity index (χ0v) is 45.3. The van der Waals surface area contributed by atoms with Crippen LogP contribution in [-0.4, -0.2) is 140 Å². The number of aryl methyl sites for hydroxylation is 1. The molecule has 4 aliphatic rings. The van der Waals surface area contributed by atoms with E-state index in [4.69, 9.17) is 9.47 Å². The molecule has 412 valence electrons. The van der Waals surface area contributed by atoms with Crippen molar-refractivity contribution in [3.8, 4) is 10.4 Å². The molecule has 7 atom stereocenters. The summed E-state index contributed by atoms with van der Waals surface area (Å²) in [6.45, 7) is 13.2. The van der Waals surface area contributed by atoms with Gasteiger partial charge in [-0.05, 0) is 48.8 Å². The number of aliphatic hydroxyl groups excluding tert-OH is 1. The van der Waals surface area contributed by atoms with Gasteiger partial charge in [-0.15, -0.1) is 11.3 Å². The van der Waals surface area contributed by atoms with Crippen molar-refractivity contribution in [2.75, 3.05) is 51.4 Å². The van der Waals surface area contributed by atoms with Gasteiger partial charge < -0.3 is 40.3 Å². The fraction of sp³-hybridized carbons (Fsp3) is 0.536. The number of ether oxygens (including phenoxy) is 2. The van der Waals surface area contributed by atoms with E-state index >= 15 is 0 Å². The number of hydrogen-bond donors (Lipinski definition) is 5. The van der Waals surface area contributed by atoms with Crippen molar-refractivity contribution in [3.63, 3.8) is 0 Å². The molecule has 9 rings (SSSR count). The molecule has 5 amide bonds. The fourth-order valence-electron chi connectivity index (χ4n) is 11.3. The zero-order chi connectivity index (χ0) is 54.8. The molecule has 2 aliphatic carbocycles. The number of nitrogens with one attached hydrogen (secondary N) is 4. The predicted molar refractivity (Wildman–Crippen MR) is 284 cm³/mol. The standard InChI is InChI=1S/C56H70F2N10O8S/c1-33(35-12-14-37(15-13-35)51-34(2)59-32-77-51)61-52(73)44-23-41(69)31-67(44)48(72)22-39(25-54(3,4)5)62-46(70)16-18-75-20-21-76-19-17-47(71)66-28-38(29-66)50(36-10-8-7-9-11-36)68-30-40(27-60-68)63-53(74)49-42-24-45-55(6,56(45,57)58)26-43(42)64-65-49/h7-15,27,30,32-33,38-39,41,44-45,50,69H,16-26,28-29,31H2,1-6H3,(H,61,73)(H,62,70)(H,63,74)(H,64,65)/t33-,39+,41+,44-,45-,50+,55+/m0/s1. The molecule has 2 aliphatic heterocycles. The molecule has 0 spiro atoms. The molecule has 0 radical (unpaired) electrons. The van der Waals surface area contributed by atoms with Crippen LogP contribution in [-0.2, 0) is 41.5 Å². The number of carbonyl (C=O) groups excluding carboxylic acids is 5. The van der Waals surface area contributed by atoms with Gasteiger partial charge in [0.2, 0.25) is 23.6 Å². The Morgan fingerprint density at radius 2 is 1.65 bits per heavy atom. The van der Waals surface area contributed by atoms with Crippen molar-refractivity contribution in [1.29, 1.82) is 0 Å². The third-order valence-corrected chi connectivity index (χ3v) is 16.6. The van der Waals surface area contributed by atoms with Crippen LogP contribution in [0.4, 0.5) is 14.5 Å². The van der Waals surface area contributed by atoms with Crippen LogP contribution in [0.25, 0.3) is 10.4 Å². The van der Waals surface area contributed by atoms with Crippen LogP contribution in [0.15, 0.2) is 72.5 Å². The Hall–Kier alpha value is -6.42. The monoisotopic (exact) mass is 1080 g/mol. The first kappa shape index (κ1) is 55.3. The van der Waals surface area contributed by atoms with Crippen molar-refractivity contribution in [2.24, 2.45) is 22.7 Å². The Balaban J connectivity index is 0.675. The molecular formula is C56H70F2N10O8S. The van der Waals surface area contributed by atoms with E-state index in [0.29, 0.717) is 36.5 Å². The lowest BCUT2D eigenvalue weighted by Gasteiger charge is -2.43. The number of fused-ring (bicyclic) bond motifs is 2. The van der Waals surface area contributed by atoms with Gasteiger partial charge >= 0.3 is 0 Å². The summed E-state index contributed by atoms with van der Waals surface area (Å²) in [6, 6.07) is 15.8. The number of aromatic amines is 1. The lowest BCUT2D eigenvalue weighted by atomic mass is 9.86. The molecule has 5 N–H and O–H groups in total. The minimum atomic E-state index is -2.77. The molecule has 21 heteroatoms. The summed E-state index contributed by atoms with van der Waals surface area (Å²) in [7, 11) is 0. The lowest BCUT2D eigenvalue weighted by molar-refractivity contribution is -0.140. The number of rotatable bonds is 22. The molecule has 18 nitrogen and oxygen atoms in total. The number of benzene rings is 2. The van der Waals surface area contributed by atoms with Crippen LogP contribution >= 0.6 is 11.3 Å². The number of aromatic nitrogens is 5. The highest BCUT2D eigenvalue weighted by molar-refractivity contribution is 7.13. The van der Waals surface area contributed by atoms with Gasteiger partial charge in [0.15, 0.2) is 5.69 Å². The number of halogens is 2. The predicted octanol–water partition coefficient (Wildman–Crippen LogP) is 6.67. The Kier molecular flexibility index (Phi) is 16.4. The number of carbonyl (C=O) groups is 5. The van der Waals surface area contributed by atoms with Crippen molar-refractivity contribution < 1.29 is 47.3 Å². The zero-order valence-electron chi connectivity index (χ0n) is 44.5. The van der Waals surface area contributed by atoms with Crippen LogP contribution in [0.5, 0.6) is 0 Å². The number of nitrogens with zero attached hydrogens (tertiary/aromatic N) is 6. The van der Waals surface area contributed by atoms with Gasteiger partial charge in [-0.25, -0.2) is 13.8 Å². The van der Waals surface area contributed by atoms with Crippen LogP contribution < -0.4 is 16.0 Å². The molecule has 77 heavy (non-hydrogen) atoms. The highest BCUT2D eigenvalue weighted by Crippen LogP contribution is 2.70. The number of β-amino-alcohol motifs (C(OH)–C–C–N with tert-alkyl or cyclic N) is 1. The van der Waals surface area contributed by atoms with Crippen LogP contribution in [0, 0.1) is 29.6 Å². The number of amides is 5. The quantitative estimate of drug-likeness (QED) is 0.0460. The second-order valence-corrected chi connectivity index (χ2v) is 23.5. The molecule has 5 heterocycles. The largest absolute Gasteiger partial charge is 0.391 e. The average molecular weight is 1080 g/mol. The smallest absolute Gasteiger partial charge is 0.276 e. The Labute approximate surface area is 451 Å². The van der Waals surface area contributed by atoms with E-state index in [1.807, 2.05) is 94.7 Å². The minimum Gasteiger partial charge on any atom is -0.391 e. The Morgan fingerprint density at radius 1 is 0.935 bits per heavy atom. The number of aliphatic hydroxyl groups is 1. The maximum absolute atomic E-state index is 14.5. The SMILES string of the molecule is Cc1ncsc1-c1ccc([C@H](C)NC(=O)[C@@H]2C[C@@H](O)CN2C(=O)C[C@H](CC(C)(C)C)NC(=O)CCOCCOCCC(=O)N2CC([C@@H](c3ccccc3)n3cc(NC(=O)c4n[nH]c5c4C[C@@H]4C(F)(F)[C@]4(C)C5)cn3)C2)cc1. The molecule has 3 aromatic heterocycles. The summed E-state index contributed by atoms with van der Waals surface area (Å²) in [5, 5.41) is 31.1. The van der Waals surface area contributed by atoms with Crippen molar-refractivity contribution in [3.05, 3.63) is 106 Å². The van der Waals surface area contributed by atoms with Crippen molar-refractivity contribution >= 4 is 46.6 Å². The maximum atomic E-state index is 14.5. The van der Waals surface area contributed by atoms with Crippen LogP contribution in [0.3, 0.4) is 0 Å². The molecular weight excluding hydrogens is 1010 g/mol. The van der Waals surface area contributed by atoms with Crippen molar-refractivity contribution in [1.82, 2.24) is 45.4 Å². The van der Waals surface area contributed by atoms with Crippen molar-refractivity contribution in [2.45, 2.75) is 123 Å². The number of thiazole rings is 1. The number of anilines is 1. The van der Waals surface area contributed by atoms with Crippen LogP contribution in [0.2, 0.25) is 0 Å². The summed E-state index contributed by atoms with van der Waals surface area (Å²) in [6.07, 6.45) is 3.47. The first-order chi connectivity index (χ1) is 36.7. The fourth-order valence-corrected chi connectivity index (χ4v) is 12.1. The van der Waals surface area contributed by atoms with Gasteiger partial charge in [0.05, 0.1) is 79.0 Å². The van der Waals surface area contributed by atoms with Gasteiger partial charge in [-0.3, -0.25) is 33.8 Å². The third-order valence-electron chi connectivity index (χ3n) is 15.6. The van der Waals surface area contributed by atoms with E-state index < -0.39 is 41.4 Å². The third kappa shape index (κ3) is 12.5. The van der Waals surface area contributed by atoms with E-state index in [1.165, 1.54) is 4.90 Å². The summed E-state index contributed by atoms with van der Waals surface area (Å²) in [4.78, 5) is 75.9. The molecule has 5 aromatic rings. The highest BCUT2D eigenvalue weighted by Gasteiger charge is 2.78. The van der Waals surface area contributed by atoms with Gasteiger partial charge in [-0.1, -0.05) is 82.3 Å². The molecule has 0 bridgehead atoms. The Bertz CT molecular complexity index is 2920. The summed E-state index contributed by atoms with van der Waals surface area (Å²) < 4.78 is 42.2. The number of H-pyrrole nitrogens is 1. The molecule has 3 fully saturated rings. The second kappa shape index (κ2) is 22.9. The normalized spacial score (nSPS) is 21.8. The first-order valence-electron chi connectivity index (χ1n) is 26.5. The van der Waals surface area contributed by atoms with E-state index in [1.54, 1.807) is 40.2 Å². The number of alkyl halides is 2. The van der Waals surface area contributed by atoms with E-state index in [9.17, 15) is 37.9 Å². The second-order valence-electron chi connectivity index (χ2n) is 22.6. The van der Waals surface area contributed by atoms with E-state index in [-0.39, 0.29) is 124 Å². The average Bonchev–Trinajstić information content (AvgIpc) is 3.83. The topological polar surface area (TPSA) is 226 Å². The molecule has 2 aromatic carbocycles. The van der Waals surface area contributed by atoms with E-state index in [2.05, 4.69) is 36.2 Å². The maximum Gasteiger partial charge on any atom is 0.276 e. The Morgan fingerprint density at radius 3 is 2.34 bits per heavy atom. The van der Waals surface area contributed by atoms with Gasteiger partial charge in [0, 0.05) is 86.1 Å². The lowest BCUT2D eigenvalue weighted by Crippen LogP contribution is -2.53. The molecule has 2 saturated heterocycles. The van der Waals surface area contributed by atoms with E-state index in [0.717, 1.165) is 27.3 Å². The number of likely N-dealkylation sites (tertiary alicyclic amines) is 2. The minimum absolute atomic E-state index is 0.0239. The van der Waals surface area contributed by atoms with Crippen LogP contribution in [0.1, 0.15) is 117 Å². The summed E-state index contributed by atoms with van der Waals surface area (Å²) in [5.74, 6) is -5.05. The highest BCUT2D eigenvalue weighted by atomic mass is 32.1. The van der Waals surface area contributed by atoms with Gasteiger partial charge in [0.1, 0.15) is 6.04 Å². The van der Waals surface area contributed by atoms with Gasteiger partial charge in [-0.2, -0.15) is 10.2 Å². The summed E-state index contributed by atoms with van der Waals surface area (Å²) in [5.41, 5.74) is 6.03. The van der Waals surface area contributed by atoms with Gasteiger partial charge in [0.25, 0.3) is 11.8 Å². The number of hydrogen-bond acceptors (Lipinski definition) is 12. The summed E-state index contributed by atoms with van der Waals surface area (Å²) >= 11 is 1.57. The first-order valence-corrected chi connectivity index (χ1v) is 27.4. The molecule has 1 saturated carbocycles.